The molecule has 2 heteroatoms. The van der Waals surface area contributed by atoms with Crippen molar-refractivity contribution in [3.05, 3.63) is 30.1 Å². The minimum absolute atomic E-state index is 0.903. The number of imidazole rings is 1. The molecule has 0 radical (unpaired) electrons. The van der Waals surface area contributed by atoms with E-state index in [1.807, 2.05) is 12.1 Å². The van der Waals surface area contributed by atoms with Gasteiger partial charge >= 0.3 is 0 Å². The van der Waals surface area contributed by atoms with Gasteiger partial charge in [-0.1, -0.05) is 12.1 Å². The molecule has 66 valence electrons. The summed E-state index contributed by atoms with van der Waals surface area (Å²) in [6, 6.07) is 8.21. The lowest BCUT2D eigenvalue weighted by Crippen LogP contribution is -1.88. The van der Waals surface area contributed by atoms with Crippen molar-refractivity contribution in [2.24, 2.45) is 5.92 Å². The maximum atomic E-state index is 4.54. The first-order chi connectivity index (χ1) is 6.42. The summed E-state index contributed by atoms with van der Waals surface area (Å²) in [6.45, 7) is 0. The molecule has 2 aromatic rings. The number of aromatic amines is 1. The minimum Gasteiger partial charge on any atom is -0.342 e. The molecule has 1 saturated carbocycles. The third-order valence-corrected chi connectivity index (χ3v) is 2.62. The molecule has 13 heavy (non-hydrogen) atoms. The summed E-state index contributed by atoms with van der Waals surface area (Å²) >= 11 is 0. The fraction of sp³-hybridized carbons (Fsp3) is 0.364. The van der Waals surface area contributed by atoms with Crippen LogP contribution in [0, 0.1) is 5.92 Å². The van der Waals surface area contributed by atoms with Crippen LogP contribution in [0.3, 0.4) is 0 Å². The molecular formula is C11H12N2. The SMILES string of the molecule is c1ccc2[nH]c(CC3CC3)nc2c1. The molecule has 2 nitrogen and oxygen atoms in total. The lowest BCUT2D eigenvalue weighted by Gasteiger charge is -1.89. The van der Waals surface area contributed by atoms with E-state index in [0.717, 1.165) is 29.2 Å². The number of nitrogens with zero attached hydrogens (tertiary/aromatic N) is 1. The molecular weight excluding hydrogens is 160 g/mol. The molecule has 0 atom stereocenters. The van der Waals surface area contributed by atoms with Gasteiger partial charge in [0, 0.05) is 6.42 Å². The maximum Gasteiger partial charge on any atom is 0.107 e. The van der Waals surface area contributed by atoms with Crippen LogP contribution in [-0.4, -0.2) is 9.97 Å². The molecule has 1 N–H and O–H groups in total. The molecule has 1 fully saturated rings. The Morgan fingerprint density at radius 2 is 2.15 bits per heavy atom. The molecule has 0 bridgehead atoms. The Bertz CT molecular complexity index is 393. The normalized spacial score (nSPS) is 16.6. The van der Waals surface area contributed by atoms with Crippen molar-refractivity contribution in [3.63, 3.8) is 0 Å². The van der Waals surface area contributed by atoms with Crippen molar-refractivity contribution in [1.82, 2.24) is 9.97 Å². The number of rotatable bonds is 2. The molecule has 0 spiro atoms. The van der Waals surface area contributed by atoms with Crippen molar-refractivity contribution >= 4 is 11.0 Å². The number of fused-ring (bicyclic) bond motifs is 1. The summed E-state index contributed by atoms with van der Waals surface area (Å²) in [4.78, 5) is 7.89. The van der Waals surface area contributed by atoms with Crippen molar-refractivity contribution < 1.29 is 0 Å². The Kier molecular flexibility index (Phi) is 1.42. The number of H-pyrrole nitrogens is 1. The zero-order chi connectivity index (χ0) is 8.67. The van der Waals surface area contributed by atoms with Gasteiger partial charge in [0.15, 0.2) is 0 Å². The van der Waals surface area contributed by atoms with Crippen LogP contribution in [0.2, 0.25) is 0 Å². The van der Waals surface area contributed by atoms with Gasteiger partial charge in [-0.25, -0.2) is 4.98 Å². The average molecular weight is 172 g/mol. The Morgan fingerprint density at radius 1 is 1.31 bits per heavy atom. The standard InChI is InChI=1S/C11H12N2/c1-2-4-10-9(3-1)12-11(13-10)7-8-5-6-8/h1-4,8H,5-7H2,(H,12,13). The van der Waals surface area contributed by atoms with Crippen molar-refractivity contribution in [2.75, 3.05) is 0 Å². The van der Waals surface area contributed by atoms with Gasteiger partial charge in [0.1, 0.15) is 5.82 Å². The third kappa shape index (κ3) is 1.32. The van der Waals surface area contributed by atoms with Crippen molar-refractivity contribution in [1.29, 1.82) is 0 Å². The van der Waals surface area contributed by atoms with Crippen molar-refractivity contribution in [2.45, 2.75) is 19.3 Å². The van der Waals surface area contributed by atoms with Gasteiger partial charge in [0.25, 0.3) is 0 Å². The van der Waals surface area contributed by atoms with E-state index in [-0.39, 0.29) is 0 Å². The number of hydrogen-bond acceptors (Lipinski definition) is 1. The minimum atomic E-state index is 0.903. The highest BCUT2D eigenvalue weighted by Crippen LogP contribution is 2.32. The fourth-order valence-corrected chi connectivity index (χ4v) is 1.70. The first-order valence-electron chi connectivity index (χ1n) is 4.85. The highest BCUT2D eigenvalue weighted by Gasteiger charge is 2.22. The van der Waals surface area contributed by atoms with E-state index in [1.165, 1.54) is 12.8 Å². The molecule has 1 aromatic heterocycles. The van der Waals surface area contributed by atoms with Crippen LogP contribution in [0.25, 0.3) is 11.0 Å². The lowest BCUT2D eigenvalue weighted by molar-refractivity contribution is 0.787. The fourth-order valence-electron chi connectivity index (χ4n) is 1.70. The quantitative estimate of drug-likeness (QED) is 0.740. The second kappa shape index (κ2) is 2.59. The first-order valence-corrected chi connectivity index (χ1v) is 4.85. The number of nitrogens with one attached hydrogen (secondary N) is 1. The van der Waals surface area contributed by atoms with Crippen LogP contribution >= 0.6 is 0 Å². The summed E-state index contributed by atoms with van der Waals surface area (Å²) < 4.78 is 0. The highest BCUT2D eigenvalue weighted by molar-refractivity contribution is 5.74. The lowest BCUT2D eigenvalue weighted by atomic mass is 10.3. The van der Waals surface area contributed by atoms with Crippen molar-refractivity contribution in [3.8, 4) is 0 Å². The zero-order valence-corrected chi connectivity index (χ0v) is 7.46. The zero-order valence-electron chi connectivity index (χ0n) is 7.46. The predicted molar refractivity (Wildman–Crippen MR) is 52.5 cm³/mol. The predicted octanol–water partition coefficient (Wildman–Crippen LogP) is 2.52. The van der Waals surface area contributed by atoms with E-state index in [1.54, 1.807) is 0 Å². The molecule has 1 aliphatic rings. The smallest absolute Gasteiger partial charge is 0.107 e. The van der Waals surface area contributed by atoms with Crippen LogP contribution < -0.4 is 0 Å². The molecule has 0 saturated heterocycles. The van der Waals surface area contributed by atoms with Gasteiger partial charge in [0.2, 0.25) is 0 Å². The summed E-state index contributed by atoms with van der Waals surface area (Å²) in [5.74, 6) is 2.06. The Labute approximate surface area is 77.0 Å². The molecule has 0 amide bonds. The van der Waals surface area contributed by atoms with Crippen LogP contribution in [0.5, 0.6) is 0 Å². The molecule has 1 aromatic carbocycles. The first kappa shape index (κ1) is 7.13. The summed E-state index contributed by atoms with van der Waals surface area (Å²) in [7, 11) is 0. The Balaban J connectivity index is 2.00. The summed E-state index contributed by atoms with van der Waals surface area (Å²) in [5.41, 5.74) is 2.26. The van der Waals surface area contributed by atoms with Crippen LogP contribution in [-0.2, 0) is 6.42 Å². The van der Waals surface area contributed by atoms with Gasteiger partial charge in [-0.05, 0) is 30.9 Å². The van der Waals surface area contributed by atoms with Gasteiger partial charge in [0.05, 0.1) is 11.0 Å². The third-order valence-electron chi connectivity index (χ3n) is 2.62. The number of para-hydroxylation sites is 2. The van der Waals surface area contributed by atoms with Gasteiger partial charge in [-0.3, -0.25) is 0 Å². The molecule has 0 unspecified atom stereocenters. The van der Waals surface area contributed by atoms with Crippen LogP contribution in [0.1, 0.15) is 18.7 Å². The largest absolute Gasteiger partial charge is 0.342 e. The number of hydrogen-bond donors (Lipinski definition) is 1. The van der Waals surface area contributed by atoms with Gasteiger partial charge in [-0.15, -0.1) is 0 Å². The summed E-state index contributed by atoms with van der Waals surface area (Å²) in [5, 5.41) is 0. The Hall–Kier alpha value is -1.31. The summed E-state index contributed by atoms with van der Waals surface area (Å²) in [6.07, 6.45) is 3.91. The molecule has 1 aliphatic carbocycles. The second-order valence-corrected chi connectivity index (χ2v) is 3.85. The van der Waals surface area contributed by atoms with E-state index < -0.39 is 0 Å². The van der Waals surface area contributed by atoms with E-state index in [9.17, 15) is 0 Å². The number of aromatic nitrogens is 2. The number of benzene rings is 1. The Morgan fingerprint density at radius 3 is 2.92 bits per heavy atom. The van der Waals surface area contributed by atoms with E-state index in [4.69, 9.17) is 0 Å². The van der Waals surface area contributed by atoms with Crippen LogP contribution in [0.15, 0.2) is 24.3 Å². The van der Waals surface area contributed by atoms with Gasteiger partial charge in [-0.2, -0.15) is 0 Å². The van der Waals surface area contributed by atoms with E-state index >= 15 is 0 Å². The molecule has 1 heterocycles. The molecule has 0 aliphatic heterocycles. The average Bonchev–Trinajstić information content (AvgIpc) is 2.85. The highest BCUT2D eigenvalue weighted by atomic mass is 14.9. The van der Waals surface area contributed by atoms with E-state index in [2.05, 4.69) is 22.1 Å². The second-order valence-electron chi connectivity index (χ2n) is 3.85. The maximum absolute atomic E-state index is 4.54. The molecule has 3 rings (SSSR count). The van der Waals surface area contributed by atoms with E-state index in [0.29, 0.717) is 0 Å². The topological polar surface area (TPSA) is 28.7 Å². The van der Waals surface area contributed by atoms with Crippen LogP contribution in [0.4, 0.5) is 0 Å². The monoisotopic (exact) mass is 172 g/mol. The van der Waals surface area contributed by atoms with Gasteiger partial charge < -0.3 is 4.98 Å².